The Morgan fingerprint density at radius 3 is 2.42 bits per heavy atom. The van der Waals surface area contributed by atoms with Crippen molar-refractivity contribution in [3.8, 4) is 5.95 Å². The molecule has 1 fully saturated rings. The molecule has 3 heterocycles. The second-order valence-electron chi connectivity index (χ2n) is 4.17. The number of β-amino-alcohol motifs (C(OH)–C–C–N with tert-alkyl or cyclic N) is 2. The maximum absolute atomic E-state index is 9.53. The van der Waals surface area contributed by atoms with Crippen LogP contribution in [0.1, 0.15) is 0 Å². The predicted molar refractivity (Wildman–Crippen MR) is 63.4 cm³/mol. The molecule has 0 amide bonds. The van der Waals surface area contributed by atoms with Gasteiger partial charge in [-0.25, -0.2) is 4.98 Å². The van der Waals surface area contributed by atoms with Crippen molar-refractivity contribution in [2.75, 3.05) is 23.7 Å². The maximum Gasteiger partial charge on any atom is 0.258 e. The molecule has 2 atom stereocenters. The van der Waals surface area contributed by atoms with Crippen molar-refractivity contribution < 1.29 is 10.2 Å². The Balaban J connectivity index is 1.95. The lowest BCUT2D eigenvalue weighted by Crippen LogP contribution is -2.25. The van der Waals surface area contributed by atoms with Crippen LogP contribution in [0.15, 0.2) is 12.7 Å². The third-order valence-corrected chi connectivity index (χ3v) is 2.79. The van der Waals surface area contributed by atoms with Crippen LogP contribution in [0.3, 0.4) is 0 Å². The zero-order chi connectivity index (χ0) is 13.4. The van der Waals surface area contributed by atoms with Crippen LogP contribution in [0.25, 0.3) is 5.95 Å². The highest BCUT2D eigenvalue weighted by atomic mass is 16.3. The van der Waals surface area contributed by atoms with Crippen LogP contribution < -0.4 is 10.6 Å². The summed E-state index contributed by atoms with van der Waals surface area (Å²) in [6.07, 6.45) is 1.13. The summed E-state index contributed by atoms with van der Waals surface area (Å²) in [5.74, 6) is 0.552. The van der Waals surface area contributed by atoms with Crippen molar-refractivity contribution in [1.29, 1.82) is 0 Å². The van der Waals surface area contributed by atoms with E-state index in [1.807, 2.05) is 0 Å². The zero-order valence-electron chi connectivity index (χ0n) is 9.83. The highest BCUT2D eigenvalue weighted by Gasteiger charge is 2.31. The highest BCUT2D eigenvalue weighted by Crippen LogP contribution is 2.18. The van der Waals surface area contributed by atoms with Crippen molar-refractivity contribution in [1.82, 2.24) is 29.7 Å². The Bertz CT molecular complexity index is 564. The number of anilines is 2. The van der Waals surface area contributed by atoms with Crippen LogP contribution in [-0.4, -0.2) is 65.2 Å². The lowest BCUT2D eigenvalue weighted by molar-refractivity contribution is 0.0572. The Morgan fingerprint density at radius 2 is 1.79 bits per heavy atom. The normalized spacial score (nSPS) is 22.9. The number of rotatable bonds is 2. The van der Waals surface area contributed by atoms with Gasteiger partial charge in [0.15, 0.2) is 0 Å². The summed E-state index contributed by atoms with van der Waals surface area (Å²) in [6, 6.07) is 0. The van der Waals surface area contributed by atoms with E-state index in [1.54, 1.807) is 4.90 Å². The molecule has 0 bridgehead atoms. The lowest BCUT2D eigenvalue weighted by atomic mass is 10.3. The van der Waals surface area contributed by atoms with Gasteiger partial charge in [0.2, 0.25) is 11.9 Å². The number of aliphatic hydroxyl groups excluding tert-OH is 2. The van der Waals surface area contributed by atoms with Gasteiger partial charge in [0.05, 0.1) is 12.2 Å². The first-order valence-electron chi connectivity index (χ1n) is 5.61. The molecule has 10 nitrogen and oxygen atoms in total. The first-order valence-corrected chi connectivity index (χ1v) is 5.61. The van der Waals surface area contributed by atoms with E-state index < -0.39 is 12.2 Å². The number of hydrogen-bond acceptors (Lipinski definition) is 9. The molecule has 1 saturated heterocycles. The second-order valence-corrected chi connectivity index (χ2v) is 4.17. The van der Waals surface area contributed by atoms with Crippen molar-refractivity contribution in [2.24, 2.45) is 0 Å². The van der Waals surface area contributed by atoms with Gasteiger partial charge in [-0.2, -0.15) is 24.7 Å². The minimum Gasteiger partial charge on any atom is -0.388 e. The van der Waals surface area contributed by atoms with E-state index >= 15 is 0 Å². The minimum absolute atomic E-state index is 0.0337. The van der Waals surface area contributed by atoms with E-state index in [1.165, 1.54) is 17.3 Å². The molecule has 0 radical (unpaired) electrons. The standard InChI is InChI=1S/C9H12N8O2/c10-7-13-8(16-1-5(18)6(19)2-16)15-9(14-7)17-4-11-3-12-17/h3-6,18-19H,1-2H2,(H2,10,13,14,15). The molecule has 0 aromatic carbocycles. The SMILES string of the molecule is Nc1nc(N2CC(O)C(O)C2)nc(-n2cncn2)n1. The van der Waals surface area contributed by atoms with Crippen LogP contribution in [0.4, 0.5) is 11.9 Å². The molecule has 3 rings (SSSR count). The van der Waals surface area contributed by atoms with E-state index in [0.29, 0.717) is 0 Å². The largest absolute Gasteiger partial charge is 0.388 e. The Morgan fingerprint density at radius 1 is 1.11 bits per heavy atom. The topological polar surface area (TPSA) is 139 Å². The fourth-order valence-corrected chi connectivity index (χ4v) is 1.86. The molecular weight excluding hydrogens is 252 g/mol. The molecule has 2 unspecified atom stereocenters. The Kier molecular flexibility index (Phi) is 2.72. The van der Waals surface area contributed by atoms with Crippen LogP contribution in [0.2, 0.25) is 0 Å². The van der Waals surface area contributed by atoms with E-state index in [-0.39, 0.29) is 30.9 Å². The zero-order valence-corrected chi connectivity index (χ0v) is 9.83. The summed E-state index contributed by atoms with van der Waals surface area (Å²) < 4.78 is 1.35. The van der Waals surface area contributed by atoms with Crippen molar-refractivity contribution in [2.45, 2.75) is 12.2 Å². The molecule has 10 heteroatoms. The van der Waals surface area contributed by atoms with Gasteiger partial charge in [0.25, 0.3) is 5.95 Å². The summed E-state index contributed by atoms with van der Waals surface area (Å²) in [5, 5.41) is 23.0. The van der Waals surface area contributed by atoms with E-state index in [2.05, 4.69) is 25.0 Å². The van der Waals surface area contributed by atoms with E-state index in [9.17, 15) is 10.2 Å². The van der Waals surface area contributed by atoms with Gasteiger partial charge in [-0.05, 0) is 0 Å². The van der Waals surface area contributed by atoms with Gasteiger partial charge in [-0.1, -0.05) is 0 Å². The average Bonchev–Trinajstić information content (AvgIpc) is 3.00. The number of nitrogens with two attached hydrogens (primary N) is 1. The average molecular weight is 264 g/mol. The molecule has 19 heavy (non-hydrogen) atoms. The molecule has 1 aliphatic rings. The smallest absolute Gasteiger partial charge is 0.258 e. The van der Waals surface area contributed by atoms with Crippen LogP contribution in [0.5, 0.6) is 0 Å². The maximum atomic E-state index is 9.53. The van der Waals surface area contributed by atoms with Gasteiger partial charge in [-0.3, -0.25) is 0 Å². The third-order valence-electron chi connectivity index (χ3n) is 2.79. The number of nitrogen functional groups attached to an aromatic ring is 1. The lowest BCUT2D eigenvalue weighted by Gasteiger charge is -2.15. The summed E-state index contributed by atoms with van der Waals surface area (Å²) in [6.45, 7) is 0.475. The molecule has 0 saturated carbocycles. The quantitative estimate of drug-likeness (QED) is 0.540. The molecule has 100 valence electrons. The second kappa shape index (κ2) is 4.40. The van der Waals surface area contributed by atoms with E-state index in [4.69, 9.17) is 5.73 Å². The summed E-state index contributed by atoms with van der Waals surface area (Å²) >= 11 is 0. The van der Waals surface area contributed by atoms with Gasteiger partial charge < -0.3 is 20.8 Å². The van der Waals surface area contributed by atoms with Crippen LogP contribution >= 0.6 is 0 Å². The Hall–Kier alpha value is -2.33. The van der Waals surface area contributed by atoms with Gasteiger partial charge in [-0.15, -0.1) is 0 Å². The van der Waals surface area contributed by atoms with Gasteiger partial charge in [0, 0.05) is 13.1 Å². The first kappa shape index (κ1) is 11.7. The van der Waals surface area contributed by atoms with Crippen molar-refractivity contribution in [3.05, 3.63) is 12.7 Å². The number of hydrogen-bond donors (Lipinski definition) is 3. The fourth-order valence-electron chi connectivity index (χ4n) is 1.86. The van der Waals surface area contributed by atoms with Gasteiger partial charge >= 0.3 is 0 Å². The molecule has 0 spiro atoms. The molecule has 4 N–H and O–H groups in total. The van der Waals surface area contributed by atoms with Crippen molar-refractivity contribution >= 4 is 11.9 Å². The van der Waals surface area contributed by atoms with Crippen LogP contribution in [-0.2, 0) is 0 Å². The number of nitrogens with zero attached hydrogens (tertiary/aromatic N) is 7. The van der Waals surface area contributed by atoms with Gasteiger partial charge in [0.1, 0.15) is 12.7 Å². The number of aliphatic hydroxyl groups is 2. The molecule has 2 aromatic rings. The van der Waals surface area contributed by atoms with Crippen LogP contribution in [0, 0.1) is 0 Å². The monoisotopic (exact) mass is 264 g/mol. The molecular formula is C9H12N8O2. The fraction of sp³-hybridized carbons (Fsp3) is 0.444. The van der Waals surface area contributed by atoms with Crippen molar-refractivity contribution in [3.63, 3.8) is 0 Å². The Labute approximate surface area is 107 Å². The summed E-state index contributed by atoms with van der Waals surface area (Å²) in [7, 11) is 0. The molecule has 0 aliphatic carbocycles. The number of aromatic nitrogens is 6. The minimum atomic E-state index is -0.826. The first-order chi connectivity index (χ1) is 9.13. The summed E-state index contributed by atoms with van der Waals surface area (Å²) in [5.41, 5.74) is 5.63. The third kappa shape index (κ3) is 2.18. The summed E-state index contributed by atoms with van der Waals surface area (Å²) in [4.78, 5) is 17.6. The molecule has 2 aromatic heterocycles. The van der Waals surface area contributed by atoms with E-state index in [0.717, 1.165) is 0 Å². The highest BCUT2D eigenvalue weighted by molar-refractivity contribution is 5.39. The predicted octanol–water partition coefficient (Wildman–Crippen LogP) is -2.42. The molecule has 1 aliphatic heterocycles.